The van der Waals surface area contributed by atoms with E-state index in [1.54, 1.807) is 0 Å². The molecule has 3 aromatic carbocycles. The minimum atomic E-state index is 0.358. The number of rotatable bonds is 4. The van der Waals surface area contributed by atoms with Crippen LogP contribution < -0.4 is 4.90 Å². The molecule has 0 N–H and O–H groups in total. The first-order chi connectivity index (χ1) is 23.4. The second kappa shape index (κ2) is 11.4. The summed E-state index contributed by atoms with van der Waals surface area (Å²) < 4.78 is 2.34. The molecule has 4 unspecified atom stereocenters. The van der Waals surface area contributed by atoms with Crippen LogP contribution in [-0.4, -0.2) is 16.7 Å². The lowest BCUT2D eigenvalue weighted by molar-refractivity contribution is -0.0670. The van der Waals surface area contributed by atoms with Gasteiger partial charge in [-0.05, 0) is 123 Å². The minimum Gasteiger partial charge on any atom is -0.364 e. The van der Waals surface area contributed by atoms with Gasteiger partial charge >= 0.3 is 0 Å². The molecule has 10 rings (SSSR count). The molecule has 4 aromatic rings. The standard InChI is InChI=1S/C44H50N4/c1-25-15-17-37-32(19-25)33-20-26(2)16-18-38(33)47(37)43-35(23-45)40(29-11-7-5-8-12-29)44(41(36(43)24-46)30-13-9-6-10-14-30)48-39-22-31(28(39)4)34-21-27(3)42(34)48/h15-20,27-31,34,39,42H,5-14,21-22H2,1-4H3/t27?,28-,31?,34?,39?,42+/m1/s1. The van der Waals surface area contributed by atoms with Crippen LogP contribution in [0.1, 0.15) is 136 Å². The molecular weight excluding hydrogens is 585 g/mol. The molecule has 6 aliphatic rings. The molecule has 4 saturated carbocycles. The second-order valence-electron chi connectivity index (χ2n) is 16.6. The lowest BCUT2D eigenvalue weighted by atomic mass is 9.49. The summed E-state index contributed by atoms with van der Waals surface area (Å²) in [5, 5.41) is 25.5. The van der Waals surface area contributed by atoms with Crippen LogP contribution in [0.4, 0.5) is 5.69 Å². The maximum Gasteiger partial charge on any atom is 0.102 e. The summed E-state index contributed by atoms with van der Waals surface area (Å²) >= 11 is 0. The average Bonchev–Trinajstić information content (AvgIpc) is 3.41. The summed E-state index contributed by atoms with van der Waals surface area (Å²) in [6.45, 7) is 9.29. The van der Waals surface area contributed by atoms with Crippen molar-refractivity contribution in [3.63, 3.8) is 0 Å². The Balaban J connectivity index is 1.44. The van der Waals surface area contributed by atoms with Crippen molar-refractivity contribution in [2.45, 2.75) is 129 Å². The second-order valence-corrected chi connectivity index (χ2v) is 16.6. The summed E-state index contributed by atoms with van der Waals surface area (Å²) in [5.74, 6) is 3.65. The largest absolute Gasteiger partial charge is 0.364 e. The maximum atomic E-state index is 11.5. The molecule has 6 atom stereocenters. The van der Waals surface area contributed by atoms with Gasteiger partial charge in [0.05, 0.1) is 27.8 Å². The molecule has 2 bridgehead atoms. The smallest absolute Gasteiger partial charge is 0.102 e. The number of hydrogen-bond donors (Lipinski definition) is 0. The first-order valence-electron chi connectivity index (χ1n) is 19.2. The predicted octanol–water partition coefficient (Wildman–Crippen LogP) is 11.1. The van der Waals surface area contributed by atoms with Crippen LogP contribution in [0.15, 0.2) is 36.4 Å². The highest BCUT2D eigenvalue weighted by molar-refractivity contribution is 6.10. The Bertz CT molecular complexity index is 1910. The summed E-state index contributed by atoms with van der Waals surface area (Å²) in [5.41, 5.74) is 11.1. The SMILES string of the molecule is Cc1ccc2c(c1)c1cc(C)ccc1n2-c1c(C#N)c(C2CCCCC2)c(N2C3CC(C4CC(C)[C@@H]42)[C@H]3C)c(C2CCCCC2)c1C#N. The Morgan fingerprint density at radius 3 is 1.62 bits per heavy atom. The molecule has 2 saturated heterocycles. The molecule has 0 radical (unpaired) electrons. The van der Waals surface area contributed by atoms with Gasteiger partial charge in [0.2, 0.25) is 0 Å². The van der Waals surface area contributed by atoms with E-state index >= 15 is 0 Å². The van der Waals surface area contributed by atoms with E-state index in [-0.39, 0.29) is 0 Å². The Hall–Kier alpha value is -3.76. The van der Waals surface area contributed by atoms with E-state index in [2.05, 4.69) is 85.7 Å². The summed E-state index contributed by atoms with van der Waals surface area (Å²) in [6, 6.07) is 20.3. The van der Waals surface area contributed by atoms with Crippen molar-refractivity contribution in [2.75, 3.05) is 4.90 Å². The fourth-order valence-electron chi connectivity index (χ4n) is 11.7. The van der Waals surface area contributed by atoms with Gasteiger partial charge in [-0.2, -0.15) is 10.5 Å². The van der Waals surface area contributed by atoms with Gasteiger partial charge in [0.1, 0.15) is 12.1 Å². The lowest BCUT2D eigenvalue weighted by Crippen LogP contribution is -2.72. The van der Waals surface area contributed by atoms with Gasteiger partial charge in [0.15, 0.2) is 0 Å². The van der Waals surface area contributed by atoms with Crippen LogP contribution in [-0.2, 0) is 0 Å². The highest BCUT2D eigenvalue weighted by atomic mass is 15.3. The summed E-state index contributed by atoms with van der Waals surface area (Å²) in [6.07, 6.45) is 14.6. The fraction of sp³-hybridized carbons (Fsp3) is 0.545. The average molecular weight is 635 g/mol. The minimum absolute atomic E-state index is 0.358. The van der Waals surface area contributed by atoms with Crippen molar-refractivity contribution < 1.29 is 0 Å². The van der Waals surface area contributed by atoms with Gasteiger partial charge in [-0.15, -0.1) is 0 Å². The molecule has 4 nitrogen and oxygen atoms in total. The van der Waals surface area contributed by atoms with Crippen molar-refractivity contribution in [2.24, 2.45) is 23.7 Å². The number of nitrogens with zero attached hydrogens (tertiary/aromatic N) is 4. The van der Waals surface area contributed by atoms with Gasteiger partial charge in [-0.25, -0.2) is 0 Å². The van der Waals surface area contributed by atoms with Gasteiger partial charge in [0.25, 0.3) is 0 Å². The lowest BCUT2D eigenvalue weighted by Gasteiger charge is -2.69. The number of benzene rings is 3. The molecule has 3 heterocycles. The number of hydrogen-bond acceptors (Lipinski definition) is 3. The molecular formula is C44H50N4. The Kier molecular flexibility index (Phi) is 7.20. The number of nitriles is 2. The molecule has 0 spiro atoms. The zero-order valence-corrected chi connectivity index (χ0v) is 29.4. The van der Waals surface area contributed by atoms with Gasteiger partial charge in [-0.1, -0.05) is 75.6 Å². The predicted molar refractivity (Wildman–Crippen MR) is 196 cm³/mol. The van der Waals surface area contributed by atoms with Crippen LogP contribution in [0.3, 0.4) is 0 Å². The normalized spacial score (nSPS) is 28.8. The van der Waals surface area contributed by atoms with Crippen LogP contribution in [0.25, 0.3) is 27.5 Å². The number of aryl methyl sites for hydroxylation is 2. The third-order valence-electron chi connectivity index (χ3n) is 14.0. The van der Waals surface area contributed by atoms with E-state index in [9.17, 15) is 10.5 Å². The summed E-state index contributed by atoms with van der Waals surface area (Å²) in [7, 11) is 0. The molecule has 1 aromatic heterocycles. The Morgan fingerprint density at radius 1 is 0.646 bits per heavy atom. The monoisotopic (exact) mass is 634 g/mol. The van der Waals surface area contributed by atoms with E-state index in [4.69, 9.17) is 0 Å². The molecule has 4 aliphatic carbocycles. The van der Waals surface area contributed by atoms with Gasteiger partial charge in [0, 0.05) is 28.5 Å². The molecule has 0 amide bonds. The zero-order chi connectivity index (χ0) is 32.8. The van der Waals surface area contributed by atoms with Crippen LogP contribution in [0, 0.1) is 60.2 Å². The highest BCUT2D eigenvalue weighted by Crippen LogP contribution is 2.63. The van der Waals surface area contributed by atoms with E-state index in [0.717, 1.165) is 65.4 Å². The molecule has 2 aliphatic heterocycles. The molecule has 4 heteroatoms. The van der Waals surface area contributed by atoms with E-state index in [0.29, 0.717) is 35.8 Å². The summed E-state index contributed by atoms with van der Waals surface area (Å²) in [4.78, 5) is 2.90. The zero-order valence-electron chi connectivity index (χ0n) is 29.4. The third kappa shape index (κ3) is 4.24. The van der Waals surface area contributed by atoms with Crippen molar-refractivity contribution in [3.05, 3.63) is 69.8 Å². The molecule has 48 heavy (non-hydrogen) atoms. The first-order valence-corrected chi connectivity index (χ1v) is 19.2. The Morgan fingerprint density at radius 2 is 1.17 bits per heavy atom. The first kappa shape index (κ1) is 30.3. The number of aromatic nitrogens is 1. The van der Waals surface area contributed by atoms with Crippen molar-refractivity contribution in [1.82, 2.24) is 4.57 Å². The molecule has 6 fully saturated rings. The third-order valence-corrected chi connectivity index (χ3v) is 14.0. The highest BCUT2D eigenvalue weighted by Gasteiger charge is 2.61. The Labute approximate surface area is 286 Å². The number of anilines is 1. The van der Waals surface area contributed by atoms with Crippen molar-refractivity contribution >= 4 is 27.5 Å². The molecule has 246 valence electrons. The van der Waals surface area contributed by atoms with E-state index in [1.165, 1.54) is 90.1 Å². The fourth-order valence-corrected chi connectivity index (χ4v) is 11.7. The quantitative estimate of drug-likeness (QED) is 0.224. The van der Waals surface area contributed by atoms with Gasteiger partial charge in [-0.3, -0.25) is 0 Å². The van der Waals surface area contributed by atoms with Crippen LogP contribution in [0.5, 0.6) is 0 Å². The van der Waals surface area contributed by atoms with Crippen LogP contribution in [0.2, 0.25) is 0 Å². The van der Waals surface area contributed by atoms with Gasteiger partial charge < -0.3 is 9.47 Å². The number of fused-ring (bicyclic) bond motifs is 3. The maximum absolute atomic E-state index is 11.5. The van der Waals surface area contributed by atoms with E-state index in [1.807, 2.05) is 0 Å². The van der Waals surface area contributed by atoms with Crippen LogP contribution >= 0.6 is 0 Å². The van der Waals surface area contributed by atoms with Crippen molar-refractivity contribution in [1.29, 1.82) is 10.5 Å². The topological polar surface area (TPSA) is 55.8 Å². The van der Waals surface area contributed by atoms with Crippen molar-refractivity contribution in [3.8, 4) is 17.8 Å². The number of piperidine rings is 2. The van der Waals surface area contributed by atoms with E-state index < -0.39 is 0 Å².